The van der Waals surface area contributed by atoms with Gasteiger partial charge in [0.25, 0.3) is 10.0 Å². The van der Waals surface area contributed by atoms with Gasteiger partial charge in [-0.2, -0.15) is 0 Å². The topological polar surface area (TPSA) is 96.0 Å². The van der Waals surface area contributed by atoms with E-state index in [0.717, 1.165) is 16.3 Å². The van der Waals surface area contributed by atoms with Gasteiger partial charge >= 0.3 is 0 Å². The van der Waals surface area contributed by atoms with Crippen LogP contribution >= 0.6 is 0 Å². The lowest BCUT2D eigenvalue weighted by Crippen LogP contribution is -2.53. The molecule has 1 heterocycles. The standard InChI is InChI=1S/C30H37N3O5S/c1-6-24(29(35)31-30(2,3)4)32(20-21-15-17-23(38-5)18-16-21)27(34)14-9-19-33-25-12-7-10-22-11-8-13-26(28(22)25)39(33,36)37/h7-8,10-13,15-18,24H,6,9,14,19-20H2,1-5H3,(H,31,35)/t24-/m1/s1. The highest BCUT2D eigenvalue weighted by molar-refractivity contribution is 7.93. The molecule has 1 aliphatic heterocycles. The number of rotatable bonds is 10. The van der Waals surface area contributed by atoms with Gasteiger partial charge in [-0.15, -0.1) is 0 Å². The summed E-state index contributed by atoms with van der Waals surface area (Å²) in [6.45, 7) is 8.03. The molecule has 9 heteroatoms. The van der Waals surface area contributed by atoms with Gasteiger partial charge in [-0.05, 0) is 68.8 Å². The van der Waals surface area contributed by atoms with E-state index >= 15 is 0 Å². The SMILES string of the molecule is CC[C@H](C(=O)NC(C)(C)C)N(Cc1ccc(OC)cc1)C(=O)CCCN1c2cccc3cccc(c23)S1(=O)=O. The summed E-state index contributed by atoms with van der Waals surface area (Å²) in [6, 6.07) is 17.6. The van der Waals surface area contributed by atoms with Gasteiger partial charge < -0.3 is 15.0 Å². The van der Waals surface area contributed by atoms with Crippen LogP contribution in [0.15, 0.2) is 65.6 Å². The molecule has 2 amide bonds. The Morgan fingerprint density at radius 1 is 1.03 bits per heavy atom. The van der Waals surface area contributed by atoms with Crippen LogP contribution in [0, 0.1) is 0 Å². The molecule has 208 valence electrons. The number of ether oxygens (including phenoxy) is 1. The van der Waals surface area contributed by atoms with Gasteiger partial charge in [-0.1, -0.05) is 43.3 Å². The fourth-order valence-corrected chi connectivity index (χ4v) is 6.77. The van der Waals surface area contributed by atoms with Gasteiger partial charge in [0.05, 0.1) is 17.7 Å². The smallest absolute Gasteiger partial charge is 0.265 e. The monoisotopic (exact) mass is 551 g/mol. The van der Waals surface area contributed by atoms with Crippen LogP contribution in [0.3, 0.4) is 0 Å². The van der Waals surface area contributed by atoms with E-state index in [9.17, 15) is 18.0 Å². The van der Waals surface area contributed by atoms with Crippen LogP contribution in [0.25, 0.3) is 10.8 Å². The van der Waals surface area contributed by atoms with E-state index in [1.54, 1.807) is 30.2 Å². The van der Waals surface area contributed by atoms with Crippen LogP contribution in [-0.4, -0.2) is 50.4 Å². The highest BCUT2D eigenvalue weighted by atomic mass is 32.2. The number of nitrogens with zero attached hydrogens (tertiary/aromatic N) is 2. The van der Waals surface area contributed by atoms with Crippen molar-refractivity contribution in [3.63, 3.8) is 0 Å². The largest absolute Gasteiger partial charge is 0.497 e. The van der Waals surface area contributed by atoms with Crippen LogP contribution in [-0.2, 0) is 26.2 Å². The van der Waals surface area contributed by atoms with Gasteiger partial charge in [0.1, 0.15) is 11.8 Å². The number of carbonyl (C=O) groups excluding carboxylic acids is 2. The Kier molecular flexibility index (Phi) is 8.20. The van der Waals surface area contributed by atoms with Crippen LogP contribution in [0.2, 0.25) is 0 Å². The zero-order chi connectivity index (χ0) is 28.4. The summed E-state index contributed by atoms with van der Waals surface area (Å²) < 4.78 is 33.3. The summed E-state index contributed by atoms with van der Waals surface area (Å²) >= 11 is 0. The second-order valence-electron chi connectivity index (χ2n) is 10.8. The number of benzene rings is 3. The molecule has 3 aromatic carbocycles. The minimum absolute atomic E-state index is 0.105. The molecule has 0 saturated carbocycles. The summed E-state index contributed by atoms with van der Waals surface area (Å²) in [5.41, 5.74) is 1.07. The summed E-state index contributed by atoms with van der Waals surface area (Å²) in [5, 5.41) is 4.59. The molecule has 0 aromatic heterocycles. The number of carbonyl (C=O) groups is 2. The van der Waals surface area contributed by atoms with E-state index < -0.39 is 21.6 Å². The third-order valence-electron chi connectivity index (χ3n) is 6.83. The molecule has 1 aliphatic rings. The normalized spacial score (nSPS) is 14.7. The number of nitrogens with one attached hydrogen (secondary N) is 1. The Bertz CT molecular complexity index is 1460. The first-order valence-corrected chi connectivity index (χ1v) is 14.7. The summed E-state index contributed by atoms with van der Waals surface area (Å²) in [7, 11) is -2.10. The van der Waals surface area contributed by atoms with Crippen LogP contribution in [0.1, 0.15) is 52.5 Å². The molecule has 3 aromatic rings. The lowest BCUT2D eigenvalue weighted by molar-refractivity contribution is -0.142. The van der Waals surface area contributed by atoms with Gasteiger partial charge in [0.15, 0.2) is 0 Å². The van der Waals surface area contributed by atoms with E-state index in [1.165, 1.54) is 4.31 Å². The van der Waals surface area contributed by atoms with Gasteiger partial charge in [-0.25, -0.2) is 8.42 Å². The Hall–Kier alpha value is -3.59. The number of methoxy groups -OCH3 is 1. The molecule has 0 radical (unpaired) electrons. The number of hydrogen-bond acceptors (Lipinski definition) is 5. The maximum Gasteiger partial charge on any atom is 0.265 e. The fraction of sp³-hybridized carbons (Fsp3) is 0.400. The van der Waals surface area contributed by atoms with Crippen LogP contribution < -0.4 is 14.4 Å². The van der Waals surface area contributed by atoms with Crippen LogP contribution in [0.5, 0.6) is 5.75 Å². The molecule has 4 rings (SSSR count). The minimum atomic E-state index is -3.69. The Morgan fingerprint density at radius 2 is 1.69 bits per heavy atom. The van der Waals surface area contributed by atoms with E-state index in [1.807, 2.05) is 70.2 Å². The first-order chi connectivity index (χ1) is 18.5. The van der Waals surface area contributed by atoms with Crippen molar-refractivity contribution in [2.24, 2.45) is 0 Å². The molecular formula is C30H37N3O5S. The van der Waals surface area contributed by atoms with Crippen molar-refractivity contribution >= 4 is 38.3 Å². The summed E-state index contributed by atoms with van der Waals surface area (Å²) in [4.78, 5) is 28.8. The van der Waals surface area contributed by atoms with Crippen molar-refractivity contribution in [3.05, 3.63) is 66.2 Å². The third-order valence-corrected chi connectivity index (χ3v) is 8.68. The second kappa shape index (κ2) is 11.3. The number of sulfonamides is 1. The zero-order valence-corrected chi connectivity index (χ0v) is 24.0. The molecule has 0 unspecified atom stereocenters. The van der Waals surface area contributed by atoms with Crippen molar-refractivity contribution in [2.45, 2.75) is 70.0 Å². The first-order valence-electron chi connectivity index (χ1n) is 13.2. The van der Waals surface area contributed by atoms with E-state index in [-0.39, 0.29) is 31.3 Å². The average molecular weight is 552 g/mol. The molecule has 0 bridgehead atoms. The average Bonchev–Trinajstić information content (AvgIpc) is 3.11. The Labute approximate surface area is 231 Å². The molecule has 1 N–H and O–H groups in total. The second-order valence-corrected chi connectivity index (χ2v) is 12.7. The highest BCUT2D eigenvalue weighted by Crippen LogP contribution is 2.42. The Balaban J connectivity index is 1.53. The maximum atomic E-state index is 13.6. The Morgan fingerprint density at radius 3 is 2.31 bits per heavy atom. The summed E-state index contributed by atoms with van der Waals surface area (Å²) in [6.07, 6.45) is 0.869. The van der Waals surface area contributed by atoms with Crippen molar-refractivity contribution in [2.75, 3.05) is 18.0 Å². The first kappa shape index (κ1) is 28.4. The molecule has 0 aliphatic carbocycles. The molecule has 8 nitrogen and oxygen atoms in total. The molecule has 1 atom stereocenters. The van der Waals surface area contributed by atoms with Crippen molar-refractivity contribution in [3.8, 4) is 5.75 Å². The zero-order valence-electron chi connectivity index (χ0n) is 23.2. The minimum Gasteiger partial charge on any atom is -0.497 e. The summed E-state index contributed by atoms with van der Waals surface area (Å²) in [5.74, 6) is 0.294. The predicted octanol–water partition coefficient (Wildman–Crippen LogP) is 4.86. The van der Waals surface area contributed by atoms with Gasteiger partial charge in [0.2, 0.25) is 11.8 Å². The fourth-order valence-electron chi connectivity index (χ4n) is 5.02. The lowest BCUT2D eigenvalue weighted by atomic mass is 10.0. The molecule has 0 spiro atoms. The number of amides is 2. The highest BCUT2D eigenvalue weighted by Gasteiger charge is 2.36. The maximum absolute atomic E-state index is 13.6. The van der Waals surface area contributed by atoms with Gasteiger partial charge in [-0.3, -0.25) is 13.9 Å². The van der Waals surface area contributed by atoms with E-state index in [2.05, 4.69) is 5.32 Å². The number of hydrogen-bond donors (Lipinski definition) is 1. The quantitative estimate of drug-likeness (QED) is 0.388. The van der Waals surface area contributed by atoms with Crippen molar-refractivity contribution in [1.82, 2.24) is 10.2 Å². The number of anilines is 1. The van der Waals surface area contributed by atoms with Crippen molar-refractivity contribution < 1.29 is 22.7 Å². The van der Waals surface area contributed by atoms with Gasteiger partial charge in [0, 0.05) is 30.4 Å². The molecule has 39 heavy (non-hydrogen) atoms. The lowest BCUT2D eigenvalue weighted by Gasteiger charge is -2.33. The van der Waals surface area contributed by atoms with E-state index in [0.29, 0.717) is 29.2 Å². The van der Waals surface area contributed by atoms with E-state index in [4.69, 9.17) is 4.74 Å². The molecular weight excluding hydrogens is 514 g/mol. The molecule has 0 fully saturated rings. The van der Waals surface area contributed by atoms with Crippen molar-refractivity contribution in [1.29, 1.82) is 0 Å². The van der Waals surface area contributed by atoms with Crippen LogP contribution in [0.4, 0.5) is 5.69 Å². The third kappa shape index (κ3) is 6.03. The predicted molar refractivity (Wildman–Crippen MR) is 153 cm³/mol. The molecule has 0 saturated heterocycles.